The van der Waals surface area contributed by atoms with Crippen molar-refractivity contribution in [2.24, 2.45) is 0 Å². The van der Waals surface area contributed by atoms with Gasteiger partial charge in [0.25, 0.3) is 0 Å². The summed E-state index contributed by atoms with van der Waals surface area (Å²) in [5.74, 6) is -0.588. The molecule has 90 valence electrons. The van der Waals surface area contributed by atoms with Gasteiger partial charge < -0.3 is 4.74 Å². The summed E-state index contributed by atoms with van der Waals surface area (Å²) in [5.41, 5.74) is 0. The highest BCUT2D eigenvalue weighted by atomic mass is 79.9. The van der Waals surface area contributed by atoms with Crippen molar-refractivity contribution >= 4 is 39.1 Å². The van der Waals surface area contributed by atoms with Gasteiger partial charge in [0.15, 0.2) is 0 Å². The van der Waals surface area contributed by atoms with E-state index in [0.29, 0.717) is 0 Å². The number of hydrogen-bond acceptors (Lipinski definition) is 1. The number of hydrogen-bond donors (Lipinski definition) is 0. The lowest BCUT2D eigenvalue weighted by Crippen LogP contribution is -2.40. The first-order chi connectivity index (χ1) is 7.13. The molecule has 0 aromatic heterocycles. The zero-order valence-electron chi connectivity index (χ0n) is 7.29. The molecule has 0 saturated heterocycles. The van der Waals surface area contributed by atoms with Crippen LogP contribution in [0.1, 0.15) is 0 Å². The van der Waals surface area contributed by atoms with Gasteiger partial charge in [-0.3, -0.25) is 0 Å². The van der Waals surface area contributed by atoms with E-state index in [1.165, 1.54) is 22.0 Å². The van der Waals surface area contributed by atoms with Crippen LogP contribution in [0.25, 0.3) is 0 Å². The zero-order chi connectivity index (χ0) is 12.6. The molecule has 0 saturated carbocycles. The maximum absolute atomic E-state index is 12.8. The van der Waals surface area contributed by atoms with E-state index in [1.807, 2.05) is 0 Å². The van der Waals surface area contributed by atoms with E-state index in [0.717, 1.165) is 12.1 Å². The van der Waals surface area contributed by atoms with Crippen molar-refractivity contribution in [1.29, 1.82) is 0 Å². The van der Waals surface area contributed by atoms with Crippen LogP contribution in [-0.4, -0.2) is 10.9 Å². The molecule has 1 nitrogen and oxygen atoms in total. The van der Waals surface area contributed by atoms with Crippen molar-refractivity contribution in [3.63, 3.8) is 0 Å². The molecule has 8 heteroatoms. The van der Waals surface area contributed by atoms with Crippen LogP contribution in [0.15, 0.2) is 18.2 Å². The van der Waals surface area contributed by atoms with Gasteiger partial charge in [0.2, 0.25) is 0 Å². The number of halogens is 7. The Labute approximate surface area is 106 Å². The van der Waals surface area contributed by atoms with Crippen LogP contribution in [-0.2, 0) is 0 Å². The van der Waals surface area contributed by atoms with Crippen LogP contribution < -0.4 is 4.74 Å². The van der Waals surface area contributed by atoms with E-state index in [9.17, 15) is 17.6 Å². The molecular weight excluding hydrogens is 339 g/mol. The van der Waals surface area contributed by atoms with E-state index < -0.39 is 16.7 Å². The summed E-state index contributed by atoms with van der Waals surface area (Å²) >= 11 is 12.5. The van der Waals surface area contributed by atoms with Crippen LogP contribution in [0.4, 0.5) is 17.6 Å². The first-order valence-corrected chi connectivity index (χ1v) is 5.27. The SMILES string of the molecule is FC(F)(Br)C(F)(F)Oc1ccc(Cl)cc1Cl. The third-order valence-corrected chi connectivity index (χ3v) is 2.45. The minimum absolute atomic E-state index is 0.172. The third kappa shape index (κ3) is 3.15. The Morgan fingerprint density at radius 2 is 1.69 bits per heavy atom. The maximum atomic E-state index is 12.8. The average molecular weight is 342 g/mol. The van der Waals surface area contributed by atoms with Crippen LogP contribution in [0.2, 0.25) is 10.0 Å². The van der Waals surface area contributed by atoms with Gasteiger partial charge in [-0.05, 0) is 18.2 Å². The van der Waals surface area contributed by atoms with Crippen molar-refractivity contribution in [1.82, 2.24) is 0 Å². The molecule has 1 rings (SSSR count). The second kappa shape index (κ2) is 4.58. The largest absolute Gasteiger partial charge is 0.475 e. The van der Waals surface area contributed by atoms with Crippen LogP contribution in [0.5, 0.6) is 5.75 Å². The maximum Gasteiger partial charge on any atom is 0.475 e. The normalized spacial score (nSPS) is 12.7. The van der Waals surface area contributed by atoms with Gasteiger partial charge in [-0.25, -0.2) is 0 Å². The Morgan fingerprint density at radius 1 is 1.12 bits per heavy atom. The monoisotopic (exact) mass is 340 g/mol. The summed E-state index contributed by atoms with van der Waals surface area (Å²) in [4.78, 5) is -4.50. The number of benzene rings is 1. The smallest absolute Gasteiger partial charge is 0.426 e. The lowest BCUT2D eigenvalue weighted by molar-refractivity contribution is -0.266. The third-order valence-electron chi connectivity index (χ3n) is 1.46. The fourth-order valence-electron chi connectivity index (χ4n) is 0.754. The molecule has 0 N–H and O–H groups in total. The molecule has 0 bridgehead atoms. The number of alkyl halides is 5. The molecule has 0 spiro atoms. The van der Waals surface area contributed by atoms with Crippen molar-refractivity contribution in [2.45, 2.75) is 10.9 Å². The van der Waals surface area contributed by atoms with E-state index >= 15 is 0 Å². The Morgan fingerprint density at radius 3 is 2.12 bits per heavy atom. The molecule has 1 aromatic carbocycles. The Hall–Kier alpha value is -0.200. The van der Waals surface area contributed by atoms with Crippen molar-refractivity contribution in [3.8, 4) is 5.75 Å². The molecule has 0 radical (unpaired) electrons. The van der Waals surface area contributed by atoms with Gasteiger partial charge in [-0.1, -0.05) is 23.2 Å². The molecule has 16 heavy (non-hydrogen) atoms. The van der Waals surface area contributed by atoms with Crippen LogP contribution in [0.3, 0.4) is 0 Å². The summed E-state index contributed by atoms with van der Waals surface area (Å²) in [5, 5.41) is -0.116. The second-order valence-electron chi connectivity index (χ2n) is 2.69. The van der Waals surface area contributed by atoms with Gasteiger partial charge in [0.1, 0.15) is 5.75 Å². The summed E-state index contributed by atoms with van der Waals surface area (Å²) in [7, 11) is 0. The highest BCUT2D eigenvalue weighted by Gasteiger charge is 2.58. The fourth-order valence-corrected chi connectivity index (χ4v) is 1.28. The molecule has 0 heterocycles. The van der Waals surface area contributed by atoms with Crippen LogP contribution in [0, 0.1) is 0 Å². The minimum atomic E-state index is -4.72. The van der Waals surface area contributed by atoms with Gasteiger partial charge in [-0.15, -0.1) is 0 Å². The Balaban J connectivity index is 2.97. The molecular formula is C8H3BrCl2F4O. The second-order valence-corrected chi connectivity index (χ2v) is 4.53. The summed E-state index contributed by atoms with van der Waals surface area (Å²) in [6.45, 7) is 0. The topological polar surface area (TPSA) is 9.23 Å². The summed E-state index contributed by atoms with van der Waals surface area (Å²) in [6.07, 6.45) is -4.72. The minimum Gasteiger partial charge on any atom is -0.426 e. The van der Waals surface area contributed by atoms with Crippen LogP contribution >= 0.6 is 39.1 Å². The quantitative estimate of drug-likeness (QED) is 0.558. The predicted molar refractivity (Wildman–Crippen MR) is 55.9 cm³/mol. The van der Waals surface area contributed by atoms with Crippen molar-refractivity contribution in [3.05, 3.63) is 28.2 Å². The van der Waals surface area contributed by atoms with E-state index in [1.54, 1.807) is 0 Å². The highest BCUT2D eigenvalue weighted by Crippen LogP contribution is 2.42. The number of ether oxygens (including phenoxy) is 1. The molecule has 0 aliphatic heterocycles. The first kappa shape index (κ1) is 13.9. The lowest BCUT2D eigenvalue weighted by Gasteiger charge is -2.22. The summed E-state index contributed by atoms with van der Waals surface area (Å²) in [6, 6.07) is 3.25. The van der Waals surface area contributed by atoms with E-state index in [2.05, 4.69) is 4.74 Å². The predicted octanol–water partition coefficient (Wildman–Crippen LogP) is 4.95. The highest BCUT2D eigenvalue weighted by molar-refractivity contribution is 9.10. The van der Waals surface area contributed by atoms with Gasteiger partial charge in [0.05, 0.1) is 5.02 Å². The molecule has 0 atom stereocenters. The van der Waals surface area contributed by atoms with Crippen molar-refractivity contribution in [2.75, 3.05) is 0 Å². The van der Waals surface area contributed by atoms with Crippen molar-refractivity contribution < 1.29 is 22.3 Å². The molecule has 0 aliphatic carbocycles. The lowest BCUT2D eigenvalue weighted by atomic mass is 10.3. The molecule has 0 fully saturated rings. The number of rotatable bonds is 3. The average Bonchev–Trinajstić information content (AvgIpc) is 2.08. The van der Waals surface area contributed by atoms with E-state index in [4.69, 9.17) is 23.2 Å². The molecule has 1 aromatic rings. The molecule has 0 unspecified atom stereocenters. The zero-order valence-corrected chi connectivity index (χ0v) is 10.4. The van der Waals surface area contributed by atoms with Gasteiger partial charge >= 0.3 is 10.9 Å². The van der Waals surface area contributed by atoms with E-state index in [-0.39, 0.29) is 10.0 Å². The standard InChI is InChI=1S/C8H3BrCl2F4O/c9-7(12,13)8(14,15)16-6-2-1-4(10)3-5(6)11/h1-3H. The van der Waals surface area contributed by atoms with Gasteiger partial charge in [-0.2, -0.15) is 17.6 Å². The molecule has 0 amide bonds. The summed E-state index contributed by atoms with van der Waals surface area (Å²) < 4.78 is 54.1. The van der Waals surface area contributed by atoms with Gasteiger partial charge in [0, 0.05) is 21.0 Å². The Bertz CT molecular complexity index is 394. The molecule has 0 aliphatic rings. The fraction of sp³-hybridized carbons (Fsp3) is 0.250. The Kier molecular flexibility index (Phi) is 3.97. The first-order valence-electron chi connectivity index (χ1n) is 3.72.